The van der Waals surface area contributed by atoms with Crippen LogP contribution in [0.3, 0.4) is 0 Å². The average molecular weight is 263 g/mol. The first-order chi connectivity index (χ1) is 8.49. The van der Waals surface area contributed by atoms with Gasteiger partial charge in [-0.1, -0.05) is 12.2 Å². The van der Waals surface area contributed by atoms with Crippen LogP contribution in [0, 0.1) is 6.92 Å². The van der Waals surface area contributed by atoms with Gasteiger partial charge in [0.25, 0.3) is 0 Å². The molecule has 0 radical (unpaired) electrons. The van der Waals surface area contributed by atoms with Crippen molar-refractivity contribution in [2.24, 2.45) is 5.73 Å². The summed E-state index contributed by atoms with van der Waals surface area (Å²) in [7, 11) is 1.83. The molecule has 1 aromatic rings. The van der Waals surface area contributed by atoms with Crippen molar-refractivity contribution in [3.63, 3.8) is 0 Å². The highest BCUT2D eigenvalue weighted by Crippen LogP contribution is 2.20. The number of carbonyl (C=O) groups is 1. The summed E-state index contributed by atoms with van der Waals surface area (Å²) in [5.74, 6) is 0.150. The van der Waals surface area contributed by atoms with Crippen LogP contribution in [0.25, 0.3) is 0 Å². The number of amides is 1. The maximum Gasteiger partial charge on any atom is 0.241 e. The van der Waals surface area contributed by atoms with Crippen molar-refractivity contribution in [1.82, 2.24) is 4.90 Å². The Morgan fingerprint density at radius 1 is 1.39 bits per heavy atom. The van der Waals surface area contributed by atoms with E-state index in [1.54, 1.807) is 4.90 Å². The molecule has 4 nitrogen and oxygen atoms in total. The zero-order valence-electron chi connectivity index (χ0n) is 10.6. The summed E-state index contributed by atoms with van der Waals surface area (Å²) in [5.41, 5.74) is 8.64. The number of aryl methyl sites for hydroxylation is 1. The molecule has 0 unspecified atom stereocenters. The lowest BCUT2D eigenvalue weighted by molar-refractivity contribution is -0.129. The van der Waals surface area contributed by atoms with E-state index < -0.39 is 0 Å². The minimum Gasteiger partial charge on any atom is -0.389 e. The number of piperazine rings is 1. The molecule has 1 aliphatic heterocycles. The average Bonchev–Trinajstić information content (AvgIpc) is 2.32. The summed E-state index contributed by atoms with van der Waals surface area (Å²) in [6, 6.07) is 5.93. The highest BCUT2D eigenvalue weighted by molar-refractivity contribution is 7.80. The van der Waals surface area contributed by atoms with Crippen molar-refractivity contribution < 1.29 is 4.79 Å². The summed E-state index contributed by atoms with van der Waals surface area (Å²) in [5, 5.41) is 0. The molecule has 0 spiro atoms. The van der Waals surface area contributed by atoms with E-state index in [1.165, 1.54) is 0 Å². The number of nitrogens with zero attached hydrogens (tertiary/aromatic N) is 2. The van der Waals surface area contributed by atoms with Crippen LogP contribution >= 0.6 is 12.2 Å². The molecule has 0 aromatic heterocycles. The minimum atomic E-state index is 0.150. The van der Waals surface area contributed by atoms with Crippen LogP contribution in [-0.4, -0.2) is 42.5 Å². The van der Waals surface area contributed by atoms with E-state index in [0.29, 0.717) is 11.5 Å². The lowest BCUT2D eigenvalue weighted by Gasteiger charge is -2.33. The Morgan fingerprint density at radius 2 is 2.11 bits per heavy atom. The quantitative estimate of drug-likeness (QED) is 0.806. The molecule has 1 aromatic carbocycles. The number of hydrogen-bond donors (Lipinski definition) is 1. The molecule has 5 heteroatoms. The van der Waals surface area contributed by atoms with Gasteiger partial charge in [-0.2, -0.15) is 0 Å². The van der Waals surface area contributed by atoms with Crippen LogP contribution in [0.2, 0.25) is 0 Å². The summed E-state index contributed by atoms with van der Waals surface area (Å²) < 4.78 is 0. The Labute approximate surface area is 112 Å². The van der Waals surface area contributed by atoms with Gasteiger partial charge in [-0.05, 0) is 30.7 Å². The highest BCUT2D eigenvalue weighted by Gasteiger charge is 2.21. The summed E-state index contributed by atoms with van der Waals surface area (Å²) in [4.78, 5) is 15.9. The zero-order chi connectivity index (χ0) is 13.3. The van der Waals surface area contributed by atoms with Gasteiger partial charge in [0.05, 0.1) is 6.54 Å². The Hall–Kier alpha value is -1.62. The number of thiocarbonyl (C=S) groups is 1. The Balaban J connectivity index is 2.22. The normalized spacial score (nSPS) is 16.0. The van der Waals surface area contributed by atoms with Gasteiger partial charge < -0.3 is 15.5 Å². The highest BCUT2D eigenvalue weighted by atomic mass is 32.1. The van der Waals surface area contributed by atoms with E-state index >= 15 is 0 Å². The smallest absolute Gasteiger partial charge is 0.241 e. The molecule has 1 heterocycles. The third-order valence-electron chi connectivity index (χ3n) is 3.30. The SMILES string of the molecule is Cc1cc(N2CCN(C)C(=O)C2)ccc1C(N)=S. The topological polar surface area (TPSA) is 49.6 Å². The fourth-order valence-corrected chi connectivity index (χ4v) is 2.33. The van der Waals surface area contributed by atoms with Crippen LogP contribution in [0.15, 0.2) is 18.2 Å². The number of hydrogen-bond acceptors (Lipinski definition) is 3. The monoisotopic (exact) mass is 263 g/mol. The maximum absolute atomic E-state index is 11.7. The first-order valence-electron chi connectivity index (χ1n) is 5.88. The second-order valence-corrected chi connectivity index (χ2v) is 5.04. The molecule has 18 heavy (non-hydrogen) atoms. The predicted octanol–water partition coefficient (Wildman–Crippen LogP) is 0.908. The van der Waals surface area contributed by atoms with Crippen molar-refractivity contribution in [3.05, 3.63) is 29.3 Å². The number of carbonyl (C=O) groups excluding carboxylic acids is 1. The number of likely N-dealkylation sites (N-methyl/N-ethyl adjacent to an activating group) is 1. The van der Waals surface area contributed by atoms with Gasteiger partial charge in [0, 0.05) is 31.4 Å². The fourth-order valence-electron chi connectivity index (χ4n) is 2.10. The molecule has 2 rings (SSSR count). The Morgan fingerprint density at radius 3 is 2.67 bits per heavy atom. The van der Waals surface area contributed by atoms with Crippen LogP contribution in [0.1, 0.15) is 11.1 Å². The molecule has 1 aliphatic rings. The molecule has 0 atom stereocenters. The van der Waals surface area contributed by atoms with Gasteiger partial charge >= 0.3 is 0 Å². The molecule has 0 saturated carbocycles. The molecule has 0 bridgehead atoms. The molecule has 96 valence electrons. The van der Waals surface area contributed by atoms with Crippen LogP contribution < -0.4 is 10.6 Å². The lowest BCUT2D eigenvalue weighted by atomic mass is 10.1. The van der Waals surface area contributed by atoms with Crippen molar-refractivity contribution in [1.29, 1.82) is 0 Å². The van der Waals surface area contributed by atoms with Crippen LogP contribution in [-0.2, 0) is 4.79 Å². The van der Waals surface area contributed by atoms with Gasteiger partial charge in [0.2, 0.25) is 5.91 Å². The largest absolute Gasteiger partial charge is 0.389 e. The van der Waals surface area contributed by atoms with E-state index in [4.69, 9.17) is 18.0 Å². The molecule has 1 fully saturated rings. The fraction of sp³-hybridized carbons (Fsp3) is 0.385. The summed E-state index contributed by atoms with van der Waals surface area (Å²) in [6.45, 7) is 4.03. The number of rotatable bonds is 2. The summed E-state index contributed by atoms with van der Waals surface area (Å²) >= 11 is 4.99. The van der Waals surface area contributed by atoms with E-state index in [1.807, 2.05) is 32.2 Å². The number of anilines is 1. The van der Waals surface area contributed by atoms with E-state index in [2.05, 4.69) is 4.90 Å². The summed E-state index contributed by atoms with van der Waals surface area (Å²) in [6.07, 6.45) is 0. The number of nitrogens with two attached hydrogens (primary N) is 1. The van der Waals surface area contributed by atoms with Crippen LogP contribution in [0.4, 0.5) is 5.69 Å². The van der Waals surface area contributed by atoms with Gasteiger partial charge in [0.1, 0.15) is 4.99 Å². The Bertz CT molecular complexity index is 501. The van der Waals surface area contributed by atoms with Crippen molar-refractivity contribution >= 4 is 28.8 Å². The van der Waals surface area contributed by atoms with Crippen molar-refractivity contribution in [2.75, 3.05) is 31.6 Å². The molecular weight excluding hydrogens is 246 g/mol. The predicted molar refractivity (Wildman–Crippen MR) is 76.9 cm³/mol. The Kier molecular flexibility index (Phi) is 3.52. The van der Waals surface area contributed by atoms with Crippen molar-refractivity contribution in [3.8, 4) is 0 Å². The van der Waals surface area contributed by atoms with Crippen LogP contribution in [0.5, 0.6) is 0 Å². The van der Waals surface area contributed by atoms with E-state index in [9.17, 15) is 4.79 Å². The third kappa shape index (κ3) is 2.46. The second-order valence-electron chi connectivity index (χ2n) is 4.60. The number of benzene rings is 1. The lowest BCUT2D eigenvalue weighted by Crippen LogP contribution is -2.48. The van der Waals surface area contributed by atoms with Gasteiger partial charge in [-0.25, -0.2) is 0 Å². The standard InChI is InChI=1S/C13H17N3OS/c1-9-7-10(3-4-11(9)13(14)18)16-6-5-15(2)12(17)8-16/h3-4,7H,5-6,8H2,1-2H3,(H2,14,18). The molecule has 0 aliphatic carbocycles. The zero-order valence-corrected chi connectivity index (χ0v) is 11.5. The molecule has 2 N–H and O–H groups in total. The van der Waals surface area contributed by atoms with Gasteiger partial charge in [-0.3, -0.25) is 4.79 Å². The second kappa shape index (κ2) is 4.94. The first-order valence-corrected chi connectivity index (χ1v) is 6.29. The maximum atomic E-state index is 11.7. The molecule has 1 amide bonds. The molecule has 1 saturated heterocycles. The first kappa shape index (κ1) is 12.8. The van der Waals surface area contributed by atoms with E-state index in [-0.39, 0.29) is 5.91 Å². The van der Waals surface area contributed by atoms with Gasteiger partial charge in [0.15, 0.2) is 0 Å². The van der Waals surface area contributed by atoms with E-state index in [0.717, 1.165) is 29.9 Å². The third-order valence-corrected chi connectivity index (χ3v) is 3.52. The minimum absolute atomic E-state index is 0.150. The molecular formula is C13H17N3OS. The van der Waals surface area contributed by atoms with Gasteiger partial charge in [-0.15, -0.1) is 0 Å². The van der Waals surface area contributed by atoms with Crippen molar-refractivity contribution in [2.45, 2.75) is 6.92 Å².